The average Bonchev–Trinajstić information content (AvgIpc) is 2.50. The summed E-state index contributed by atoms with van der Waals surface area (Å²) in [6, 6.07) is 9.54. The minimum Gasteiger partial charge on any atom is -0.293 e. The Kier molecular flexibility index (Phi) is 3.62. The molecule has 5 heteroatoms. The van der Waals surface area contributed by atoms with Gasteiger partial charge in [-0.15, -0.1) is 0 Å². The number of nitrogens with one attached hydrogen (secondary N) is 1. The van der Waals surface area contributed by atoms with Crippen LogP contribution in [0.1, 0.15) is 12.0 Å². The fourth-order valence-electron chi connectivity index (χ4n) is 2.29. The van der Waals surface area contributed by atoms with Crippen LogP contribution in [-0.4, -0.2) is 22.6 Å². The van der Waals surface area contributed by atoms with Crippen molar-refractivity contribution in [2.45, 2.75) is 6.42 Å². The van der Waals surface area contributed by atoms with E-state index in [9.17, 15) is 14.4 Å². The van der Waals surface area contributed by atoms with Crippen LogP contribution in [0.5, 0.6) is 0 Å². The Morgan fingerprint density at radius 3 is 2.73 bits per heavy atom. The number of aromatic nitrogens is 1. The number of ketones is 1. The molecule has 1 saturated heterocycles. The molecule has 0 spiro atoms. The van der Waals surface area contributed by atoms with Crippen molar-refractivity contribution in [2.24, 2.45) is 0 Å². The number of rotatable bonds is 2. The van der Waals surface area contributed by atoms with Crippen molar-refractivity contribution in [3.63, 3.8) is 0 Å². The van der Waals surface area contributed by atoms with Crippen LogP contribution in [0.15, 0.2) is 54.3 Å². The second-order valence-corrected chi connectivity index (χ2v) is 4.83. The molecule has 2 amide bonds. The summed E-state index contributed by atoms with van der Waals surface area (Å²) in [6.45, 7) is 0. The fourth-order valence-corrected chi connectivity index (χ4v) is 2.29. The summed E-state index contributed by atoms with van der Waals surface area (Å²) in [5, 5.41) is 3.11. The zero-order valence-corrected chi connectivity index (χ0v) is 11.6. The van der Waals surface area contributed by atoms with Gasteiger partial charge in [0.2, 0.25) is 5.91 Å². The summed E-state index contributed by atoms with van der Waals surface area (Å²) in [7, 11) is 0. The van der Waals surface area contributed by atoms with Crippen LogP contribution in [0.2, 0.25) is 0 Å². The summed E-state index contributed by atoms with van der Waals surface area (Å²) in [5.41, 5.74) is 1.80. The van der Waals surface area contributed by atoms with Crippen molar-refractivity contribution in [1.82, 2.24) is 10.3 Å². The maximum atomic E-state index is 11.7. The molecule has 0 atom stereocenters. The Morgan fingerprint density at radius 2 is 1.91 bits per heavy atom. The SMILES string of the molecule is O=C1CC(=O)/C(=C/C=C/c2ccnc3ccccc23)C(=O)N1. The molecule has 1 fully saturated rings. The first kappa shape index (κ1) is 13.9. The maximum absolute atomic E-state index is 11.7. The fraction of sp³-hybridized carbons (Fsp3) is 0.0588. The highest BCUT2D eigenvalue weighted by atomic mass is 16.2. The Morgan fingerprint density at radius 1 is 1.09 bits per heavy atom. The van der Waals surface area contributed by atoms with Gasteiger partial charge in [0.25, 0.3) is 5.91 Å². The molecule has 0 bridgehead atoms. The van der Waals surface area contributed by atoms with Crippen molar-refractivity contribution < 1.29 is 14.4 Å². The van der Waals surface area contributed by atoms with Gasteiger partial charge in [-0.3, -0.25) is 24.7 Å². The summed E-state index contributed by atoms with van der Waals surface area (Å²) in [6.07, 6.45) is 6.27. The quantitative estimate of drug-likeness (QED) is 0.396. The number of benzene rings is 1. The Labute approximate surface area is 126 Å². The second-order valence-electron chi connectivity index (χ2n) is 4.83. The number of carbonyl (C=O) groups excluding carboxylic acids is 3. The molecule has 1 aromatic heterocycles. The number of imide groups is 1. The Hall–Kier alpha value is -3.08. The summed E-state index contributed by atoms with van der Waals surface area (Å²) in [5.74, 6) is -1.67. The number of nitrogens with zero attached hydrogens (tertiary/aromatic N) is 1. The largest absolute Gasteiger partial charge is 0.293 e. The number of amides is 2. The maximum Gasteiger partial charge on any atom is 0.261 e. The van der Waals surface area contributed by atoms with Crippen molar-refractivity contribution >= 4 is 34.6 Å². The molecule has 1 aromatic carbocycles. The van der Waals surface area contributed by atoms with Gasteiger partial charge in [-0.25, -0.2) is 0 Å². The normalized spacial score (nSPS) is 17.5. The lowest BCUT2D eigenvalue weighted by Gasteiger charge is -2.11. The smallest absolute Gasteiger partial charge is 0.261 e. The highest BCUT2D eigenvalue weighted by molar-refractivity contribution is 6.30. The zero-order valence-electron chi connectivity index (χ0n) is 11.6. The van der Waals surface area contributed by atoms with E-state index in [1.54, 1.807) is 18.3 Å². The van der Waals surface area contributed by atoms with E-state index in [0.29, 0.717) is 0 Å². The molecular weight excluding hydrogens is 280 g/mol. The molecule has 2 heterocycles. The molecule has 5 nitrogen and oxygen atoms in total. The predicted molar refractivity (Wildman–Crippen MR) is 81.6 cm³/mol. The van der Waals surface area contributed by atoms with Gasteiger partial charge in [0.1, 0.15) is 0 Å². The molecule has 2 aromatic rings. The van der Waals surface area contributed by atoms with E-state index in [4.69, 9.17) is 0 Å². The number of carbonyl (C=O) groups is 3. The number of Topliss-reactive ketones (excluding diaryl/α,β-unsaturated/α-hetero) is 1. The standard InChI is InChI=1S/C17H12N2O3/c20-15-10-16(21)19-17(22)13(15)6-3-4-11-8-9-18-14-7-2-1-5-12(11)14/h1-9H,10H2,(H,19,21,22)/b4-3+,13-6-. The molecule has 1 aliphatic rings. The van der Waals surface area contributed by atoms with Crippen LogP contribution < -0.4 is 5.32 Å². The van der Waals surface area contributed by atoms with Crippen LogP contribution >= 0.6 is 0 Å². The molecule has 1 N–H and O–H groups in total. The first-order valence-corrected chi connectivity index (χ1v) is 6.74. The molecular formula is C17H12N2O3. The number of para-hydroxylation sites is 1. The van der Waals surface area contributed by atoms with E-state index in [-0.39, 0.29) is 12.0 Å². The molecule has 0 aliphatic carbocycles. The number of allylic oxidation sites excluding steroid dienone is 2. The van der Waals surface area contributed by atoms with Gasteiger partial charge < -0.3 is 0 Å². The van der Waals surface area contributed by atoms with E-state index in [1.807, 2.05) is 30.3 Å². The summed E-state index contributed by atoms with van der Waals surface area (Å²) < 4.78 is 0. The third-order valence-electron chi connectivity index (χ3n) is 3.34. The van der Waals surface area contributed by atoms with Crippen LogP contribution in [0.4, 0.5) is 0 Å². The lowest BCUT2D eigenvalue weighted by atomic mass is 10.0. The number of fused-ring (bicyclic) bond motifs is 1. The first-order valence-electron chi connectivity index (χ1n) is 6.74. The third kappa shape index (κ3) is 2.69. The molecule has 0 unspecified atom stereocenters. The third-order valence-corrected chi connectivity index (χ3v) is 3.34. The Bertz CT molecular complexity index is 823. The van der Waals surface area contributed by atoms with Crippen molar-refractivity contribution in [1.29, 1.82) is 0 Å². The zero-order chi connectivity index (χ0) is 15.5. The van der Waals surface area contributed by atoms with E-state index < -0.39 is 17.6 Å². The summed E-state index contributed by atoms with van der Waals surface area (Å²) in [4.78, 5) is 38.6. The van der Waals surface area contributed by atoms with Crippen LogP contribution in [-0.2, 0) is 14.4 Å². The minimum absolute atomic E-state index is 0.00536. The predicted octanol–water partition coefficient (Wildman–Crippen LogP) is 1.79. The van der Waals surface area contributed by atoms with Crippen molar-refractivity contribution in [3.8, 4) is 0 Å². The van der Waals surface area contributed by atoms with Crippen molar-refractivity contribution in [3.05, 3.63) is 59.8 Å². The monoisotopic (exact) mass is 292 g/mol. The van der Waals surface area contributed by atoms with Gasteiger partial charge in [-0.1, -0.05) is 30.4 Å². The van der Waals surface area contributed by atoms with Gasteiger partial charge in [0.05, 0.1) is 17.5 Å². The molecule has 0 radical (unpaired) electrons. The topological polar surface area (TPSA) is 76.1 Å². The van der Waals surface area contributed by atoms with Gasteiger partial charge in [-0.05, 0) is 23.8 Å². The second kappa shape index (κ2) is 5.73. The molecule has 0 saturated carbocycles. The lowest BCUT2D eigenvalue weighted by Crippen LogP contribution is -2.40. The first-order chi connectivity index (χ1) is 10.6. The highest BCUT2D eigenvalue weighted by Crippen LogP contribution is 2.17. The van der Waals surface area contributed by atoms with Crippen LogP contribution in [0, 0.1) is 0 Å². The summed E-state index contributed by atoms with van der Waals surface area (Å²) >= 11 is 0. The molecule has 108 valence electrons. The van der Waals surface area contributed by atoms with E-state index in [1.165, 1.54) is 6.08 Å². The van der Waals surface area contributed by atoms with Gasteiger partial charge in [0, 0.05) is 11.6 Å². The van der Waals surface area contributed by atoms with Crippen molar-refractivity contribution in [2.75, 3.05) is 0 Å². The van der Waals surface area contributed by atoms with E-state index >= 15 is 0 Å². The number of pyridine rings is 1. The highest BCUT2D eigenvalue weighted by Gasteiger charge is 2.27. The number of piperidine rings is 1. The van der Waals surface area contributed by atoms with Crippen LogP contribution in [0.3, 0.4) is 0 Å². The van der Waals surface area contributed by atoms with E-state index in [0.717, 1.165) is 16.5 Å². The van der Waals surface area contributed by atoms with Gasteiger partial charge in [-0.2, -0.15) is 0 Å². The molecule has 22 heavy (non-hydrogen) atoms. The van der Waals surface area contributed by atoms with E-state index in [2.05, 4.69) is 10.3 Å². The minimum atomic E-state index is -0.648. The molecule has 3 rings (SSSR count). The lowest BCUT2D eigenvalue weighted by molar-refractivity contribution is -0.134. The Balaban J connectivity index is 1.90. The average molecular weight is 292 g/mol. The number of hydrogen-bond donors (Lipinski definition) is 1. The van der Waals surface area contributed by atoms with Gasteiger partial charge in [0.15, 0.2) is 5.78 Å². The van der Waals surface area contributed by atoms with Gasteiger partial charge >= 0.3 is 0 Å². The van der Waals surface area contributed by atoms with Crippen LogP contribution in [0.25, 0.3) is 17.0 Å². The molecule has 1 aliphatic heterocycles. The number of hydrogen-bond acceptors (Lipinski definition) is 4.